The third kappa shape index (κ3) is 8.97. The van der Waals surface area contributed by atoms with Crippen molar-refractivity contribution in [2.75, 3.05) is 33.0 Å². The predicted octanol–water partition coefficient (Wildman–Crippen LogP) is -10.9. The van der Waals surface area contributed by atoms with Crippen molar-refractivity contribution in [2.24, 2.45) is 0 Å². The van der Waals surface area contributed by atoms with E-state index in [1.807, 2.05) is 0 Å². The smallest absolute Gasteiger partial charge is 0.186 e. The van der Waals surface area contributed by atoms with Crippen molar-refractivity contribution in [3.63, 3.8) is 0 Å². The van der Waals surface area contributed by atoms with Gasteiger partial charge in [-0.3, -0.25) is 0 Å². The highest BCUT2D eigenvalue weighted by Gasteiger charge is 2.53. The van der Waals surface area contributed by atoms with Gasteiger partial charge in [0.1, 0.15) is 122 Å². The maximum absolute atomic E-state index is 10.7. The van der Waals surface area contributed by atoms with Gasteiger partial charge >= 0.3 is 0 Å². The molecular weight excluding hydrogens is 760 g/mol. The van der Waals surface area contributed by atoms with E-state index in [1.165, 1.54) is 0 Å². The third-order valence-electron chi connectivity index (χ3n) is 10.3. The van der Waals surface area contributed by atoms with Crippen molar-refractivity contribution < 1.29 is 124 Å². The molecule has 6 aliphatic rings. The Kier molecular flexibility index (Phi) is 14.3. The van der Waals surface area contributed by atoms with Gasteiger partial charge in [-0.2, -0.15) is 0 Å². The zero-order valence-electron chi connectivity index (χ0n) is 28.8. The average Bonchev–Trinajstić information content (AvgIpc) is 3.89. The predicted molar refractivity (Wildman–Crippen MR) is 163 cm³/mol. The standard InChI is InChI=1S/C30H50O25/c31-6-1-46-26-16(41)12(37)22(52-26)7(32)2-48-28-18(43)14(39)24(54-28)9(34)4-50-30-20(45)15(40)25(55-30)10(35)5-49-29-19(44)13(38)23(53-29)8(33)3-47-27-17(42)11(36)21(6)51-27/h6-45H,1-5H2/t6-,7-,8-,9-,10-,11-,12-,13-,14-,15-,16-,17-,18-,19-,20-,21+,22+,23+,24+,25+,26-,27-,28-,29-,30-/m1/s1. The van der Waals surface area contributed by atoms with Crippen LogP contribution in [0, 0.1) is 0 Å². The Morgan fingerprint density at radius 2 is 0.364 bits per heavy atom. The lowest BCUT2D eigenvalue weighted by atomic mass is 10.1. The van der Waals surface area contributed by atoms with Gasteiger partial charge in [-0.25, -0.2) is 0 Å². The molecule has 0 aromatic rings. The minimum absolute atomic E-state index is 0.730. The van der Waals surface area contributed by atoms with Gasteiger partial charge in [-0.05, 0) is 0 Å². The van der Waals surface area contributed by atoms with Crippen LogP contribution < -0.4 is 0 Å². The van der Waals surface area contributed by atoms with Gasteiger partial charge in [-0.1, -0.05) is 0 Å². The molecule has 0 aromatic heterocycles. The molecule has 0 aliphatic carbocycles. The number of hydrogen-bond acceptors (Lipinski definition) is 25. The maximum Gasteiger partial charge on any atom is 0.186 e. The first kappa shape index (κ1) is 43.6. The van der Waals surface area contributed by atoms with Crippen LogP contribution in [0.2, 0.25) is 0 Å². The quantitative estimate of drug-likeness (QED) is 0.108. The molecule has 10 bridgehead atoms. The van der Waals surface area contributed by atoms with Crippen molar-refractivity contribution >= 4 is 0 Å². The molecule has 25 heteroatoms. The lowest BCUT2D eigenvalue weighted by Crippen LogP contribution is -2.43. The molecule has 0 amide bonds. The third-order valence-corrected chi connectivity index (χ3v) is 10.3. The fourth-order valence-electron chi connectivity index (χ4n) is 7.08. The number of rotatable bonds is 0. The molecule has 0 unspecified atom stereocenters. The highest BCUT2D eigenvalue weighted by atomic mass is 16.8. The van der Waals surface area contributed by atoms with E-state index in [0.29, 0.717) is 0 Å². The van der Waals surface area contributed by atoms with Gasteiger partial charge in [0.25, 0.3) is 0 Å². The highest BCUT2D eigenvalue weighted by Crippen LogP contribution is 2.32. The molecule has 6 aliphatic heterocycles. The molecular formula is C30H50O25. The van der Waals surface area contributed by atoms with Crippen molar-refractivity contribution in [1.82, 2.24) is 0 Å². The van der Waals surface area contributed by atoms with Gasteiger partial charge in [0, 0.05) is 0 Å². The van der Waals surface area contributed by atoms with Gasteiger partial charge in [-0.15, -0.1) is 0 Å². The molecule has 6 saturated heterocycles. The normalized spacial score (nSPS) is 56.5. The molecule has 0 aromatic carbocycles. The summed E-state index contributed by atoms with van der Waals surface area (Å²) >= 11 is 0. The maximum atomic E-state index is 10.7. The van der Waals surface area contributed by atoms with Gasteiger partial charge < -0.3 is 124 Å². The number of ether oxygens (including phenoxy) is 10. The van der Waals surface area contributed by atoms with Crippen LogP contribution in [-0.2, 0) is 47.4 Å². The Balaban J connectivity index is 1.14. The summed E-state index contributed by atoms with van der Waals surface area (Å²) in [5.74, 6) is 0. The summed E-state index contributed by atoms with van der Waals surface area (Å²) in [6.07, 6.45) is -42.6. The number of fused-ring (bicyclic) bond motifs is 10. The van der Waals surface area contributed by atoms with E-state index in [9.17, 15) is 76.6 Å². The monoisotopic (exact) mass is 810 g/mol. The molecule has 25 nitrogen and oxygen atoms in total. The number of hydrogen-bond donors (Lipinski definition) is 15. The Morgan fingerprint density at radius 1 is 0.218 bits per heavy atom. The topological polar surface area (TPSA) is 396 Å². The van der Waals surface area contributed by atoms with Crippen LogP contribution >= 0.6 is 0 Å². The Morgan fingerprint density at radius 3 is 0.509 bits per heavy atom. The fourth-order valence-corrected chi connectivity index (χ4v) is 7.08. The van der Waals surface area contributed by atoms with Crippen LogP contribution in [0.3, 0.4) is 0 Å². The zero-order valence-corrected chi connectivity index (χ0v) is 28.8. The van der Waals surface area contributed by atoms with Crippen molar-refractivity contribution in [1.29, 1.82) is 0 Å². The second kappa shape index (κ2) is 18.1. The Bertz CT molecular complexity index is 1010. The molecule has 6 rings (SSSR count). The molecule has 320 valence electrons. The first-order chi connectivity index (χ1) is 26.0. The van der Waals surface area contributed by atoms with Crippen molar-refractivity contribution in [2.45, 2.75) is 154 Å². The van der Waals surface area contributed by atoms with Gasteiger partial charge in [0.05, 0.1) is 33.0 Å². The van der Waals surface area contributed by atoms with E-state index in [1.54, 1.807) is 0 Å². The summed E-state index contributed by atoms with van der Waals surface area (Å²) in [4.78, 5) is 0. The van der Waals surface area contributed by atoms with Crippen LogP contribution in [0.5, 0.6) is 0 Å². The molecule has 6 fully saturated rings. The summed E-state index contributed by atoms with van der Waals surface area (Å²) in [5.41, 5.74) is 0. The lowest BCUT2D eigenvalue weighted by Gasteiger charge is -2.25. The summed E-state index contributed by atoms with van der Waals surface area (Å²) in [6, 6.07) is 0. The summed E-state index contributed by atoms with van der Waals surface area (Å²) < 4.78 is 53.8. The van der Waals surface area contributed by atoms with E-state index in [-0.39, 0.29) is 0 Å². The molecule has 6 heterocycles. The molecule has 0 spiro atoms. The fraction of sp³-hybridized carbons (Fsp3) is 1.00. The first-order valence-corrected chi connectivity index (χ1v) is 17.6. The molecule has 55 heavy (non-hydrogen) atoms. The van der Waals surface area contributed by atoms with E-state index < -0.39 is 187 Å². The molecule has 0 saturated carbocycles. The summed E-state index contributed by atoms with van der Waals surface area (Å²) in [6.45, 7) is -3.65. The Labute approximate surface area is 310 Å². The first-order valence-electron chi connectivity index (χ1n) is 17.6. The second-order valence-corrected chi connectivity index (χ2v) is 14.3. The minimum Gasteiger partial charge on any atom is -0.388 e. The number of aliphatic hydroxyl groups is 15. The van der Waals surface area contributed by atoms with E-state index >= 15 is 0 Å². The largest absolute Gasteiger partial charge is 0.388 e. The average molecular weight is 811 g/mol. The van der Waals surface area contributed by atoms with Crippen LogP contribution in [0.4, 0.5) is 0 Å². The van der Waals surface area contributed by atoms with E-state index in [2.05, 4.69) is 0 Å². The molecule has 25 atom stereocenters. The number of aliphatic hydroxyl groups excluding tert-OH is 15. The molecule has 15 N–H and O–H groups in total. The van der Waals surface area contributed by atoms with Crippen LogP contribution in [-0.4, -0.2) is 263 Å². The van der Waals surface area contributed by atoms with Crippen molar-refractivity contribution in [3.8, 4) is 0 Å². The second-order valence-electron chi connectivity index (χ2n) is 14.3. The van der Waals surface area contributed by atoms with E-state index in [4.69, 9.17) is 47.4 Å². The molecule has 0 radical (unpaired) electrons. The minimum atomic E-state index is -1.79. The van der Waals surface area contributed by atoms with Crippen LogP contribution in [0.1, 0.15) is 0 Å². The van der Waals surface area contributed by atoms with Crippen LogP contribution in [0.15, 0.2) is 0 Å². The summed E-state index contributed by atoms with van der Waals surface area (Å²) in [5, 5.41) is 158. The van der Waals surface area contributed by atoms with Crippen molar-refractivity contribution in [3.05, 3.63) is 0 Å². The lowest BCUT2D eigenvalue weighted by molar-refractivity contribution is -0.233. The Hall–Kier alpha value is -1.00. The van der Waals surface area contributed by atoms with Gasteiger partial charge in [0.2, 0.25) is 0 Å². The van der Waals surface area contributed by atoms with Gasteiger partial charge in [0.15, 0.2) is 31.5 Å². The zero-order chi connectivity index (χ0) is 40.0. The summed E-state index contributed by atoms with van der Waals surface area (Å²) in [7, 11) is 0. The SMILES string of the molecule is O[C@@H]1[C@@H](O)[C@@H]2OC[C@@H](O)[C@@H]3O[C@@H](OC[C@@H](O)[C@@H]4O[C@@H](OC[C@@H](O)[C@@H]5O[C@@H](OC[C@@H](O)[C@@H]6O[C@@H](OC[C@@H](O)[C@@H]1O2)[C@H](O)[C@H]6O)[C@H](O)[C@H]5O)[C@H](O)[C@H]4O)[C@H](O)[C@H]3O. The highest BCUT2D eigenvalue weighted by molar-refractivity contribution is 4.97. The van der Waals surface area contributed by atoms with E-state index in [0.717, 1.165) is 0 Å². The van der Waals surface area contributed by atoms with Crippen LogP contribution in [0.25, 0.3) is 0 Å².